The Kier molecular flexibility index (Phi) is 4.73. The average Bonchev–Trinajstić information content (AvgIpc) is 2.52. The smallest absolute Gasteiger partial charge is 0.330 e. The lowest BCUT2D eigenvalue weighted by Crippen LogP contribution is -2.31. The molecule has 0 aromatic heterocycles. The molecule has 0 radical (unpaired) electrons. The van der Waals surface area contributed by atoms with Gasteiger partial charge in [-0.1, -0.05) is 13.8 Å². The molecule has 1 atom stereocenters. The van der Waals surface area contributed by atoms with E-state index in [0.717, 1.165) is 6.54 Å². The van der Waals surface area contributed by atoms with E-state index < -0.39 is 0 Å². The Morgan fingerprint density at radius 3 is 2.67 bits per heavy atom. The maximum Gasteiger partial charge on any atom is 0.330 e. The van der Waals surface area contributed by atoms with Gasteiger partial charge < -0.3 is 10.0 Å². The van der Waals surface area contributed by atoms with E-state index in [2.05, 4.69) is 13.8 Å². The fourth-order valence-electron chi connectivity index (χ4n) is 1.80. The van der Waals surface area contributed by atoms with Crippen LogP contribution in [-0.4, -0.2) is 52.3 Å². The van der Waals surface area contributed by atoms with Crippen molar-refractivity contribution in [1.29, 1.82) is 0 Å². The molecule has 0 spiro atoms. The predicted molar refractivity (Wildman–Crippen MR) is 62.7 cm³/mol. The van der Waals surface area contributed by atoms with Crippen LogP contribution in [0.3, 0.4) is 0 Å². The van der Waals surface area contributed by atoms with Crippen molar-refractivity contribution >= 4 is 18.0 Å². The van der Waals surface area contributed by atoms with Crippen molar-refractivity contribution in [2.45, 2.75) is 26.3 Å². The normalized spacial score (nSPS) is 21.9. The quantitative estimate of drug-likeness (QED) is 0.729. The number of amides is 2. The summed E-state index contributed by atoms with van der Waals surface area (Å²) in [7, 11) is 0. The highest BCUT2D eigenvalue weighted by Gasteiger charge is 2.38. The highest BCUT2D eigenvalue weighted by molar-refractivity contribution is 7.96. The first-order valence-corrected chi connectivity index (χ1v) is 6.53. The summed E-state index contributed by atoms with van der Waals surface area (Å²) in [6.45, 7) is 5.87. The molecule has 0 saturated carbocycles. The zero-order chi connectivity index (χ0) is 11.4. The highest BCUT2D eigenvalue weighted by Crippen LogP contribution is 2.27. The Hall–Kier alpha value is -0.420. The second-order valence-electron chi connectivity index (χ2n) is 4.13. The van der Waals surface area contributed by atoms with Crippen LogP contribution in [-0.2, 0) is 0 Å². The summed E-state index contributed by atoms with van der Waals surface area (Å²) in [6.07, 6.45) is 2.60. The van der Waals surface area contributed by atoms with Crippen LogP contribution >= 0.6 is 11.9 Å². The van der Waals surface area contributed by atoms with Crippen molar-refractivity contribution in [3.63, 3.8) is 0 Å². The van der Waals surface area contributed by atoms with Crippen LogP contribution in [0.25, 0.3) is 0 Å². The molecule has 0 bridgehead atoms. The molecule has 1 saturated heterocycles. The summed E-state index contributed by atoms with van der Waals surface area (Å²) >= 11 is 1.49. The van der Waals surface area contributed by atoms with Gasteiger partial charge in [-0.25, -0.2) is 4.79 Å². The minimum Gasteiger partial charge on any atom is -0.396 e. The molecule has 1 aliphatic heterocycles. The van der Waals surface area contributed by atoms with Gasteiger partial charge in [0.05, 0.1) is 6.04 Å². The van der Waals surface area contributed by atoms with E-state index in [9.17, 15) is 4.79 Å². The van der Waals surface area contributed by atoms with Gasteiger partial charge in [-0.3, -0.25) is 4.31 Å². The summed E-state index contributed by atoms with van der Waals surface area (Å²) in [5, 5.41) is 8.75. The summed E-state index contributed by atoms with van der Waals surface area (Å²) in [4.78, 5) is 13.7. The molecule has 15 heavy (non-hydrogen) atoms. The largest absolute Gasteiger partial charge is 0.396 e. The Morgan fingerprint density at radius 2 is 2.27 bits per heavy atom. The standard InChI is InChI=1S/C10H20N2O2S/c1-8(2)9-7-11(5-4-6-13)10(14)12(9)15-3/h8-9,13H,4-7H2,1-3H3. The summed E-state index contributed by atoms with van der Waals surface area (Å²) < 4.78 is 1.85. The van der Waals surface area contributed by atoms with Crippen molar-refractivity contribution in [2.75, 3.05) is 26.0 Å². The molecule has 88 valence electrons. The topological polar surface area (TPSA) is 43.8 Å². The number of aliphatic hydroxyl groups excluding tert-OH is 1. The molecule has 0 aromatic carbocycles. The van der Waals surface area contributed by atoms with Crippen molar-refractivity contribution in [2.24, 2.45) is 5.92 Å². The zero-order valence-electron chi connectivity index (χ0n) is 9.64. The van der Waals surface area contributed by atoms with Crippen LogP contribution in [0.15, 0.2) is 0 Å². The lowest BCUT2D eigenvalue weighted by molar-refractivity contribution is 0.201. The van der Waals surface area contributed by atoms with Crippen LogP contribution in [0.2, 0.25) is 0 Å². The van der Waals surface area contributed by atoms with Gasteiger partial charge in [0.15, 0.2) is 0 Å². The number of carbonyl (C=O) groups is 1. The van der Waals surface area contributed by atoms with E-state index in [1.165, 1.54) is 11.9 Å². The molecule has 4 nitrogen and oxygen atoms in total. The predicted octanol–water partition coefficient (Wildman–Crippen LogP) is 1.41. The fraction of sp³-hybridized carbons (Fsp3) is 0.900. The van der Waals surface area contributed by atoms with E-state index in [-0.39, 0.29) is 12.6 Å². The van der Waals surface area contributed by atoms with Crippen molar-refractivity contribution < 1.29 is 9.90 Å². The number of carbonyl (C=O) groups excluding carboxylic acids is 1. The number of aliphatic hydroxyl groups is 1. The van der Waals surface area contributed by atoms with Gasteiger partial charge in [0.25, 0.3) is 0 Å². The SMILES string of the molecule is CSN1C(=O)N(CCCO)CC1C(C)C. The Bertz CT molecular complexity index is 223. The minimum absolute atomic E-state index is 0.0923. The summed E-state index contributed by atoms with van der Waals surface area (Å²) in [5.74, 6) is 0.473. The van der Waals surface area contributed by atoms with Crippen molar-refractivity contribution in [3.8, 4) is 0 Å². The highest BCUT2D eigenvalue weighted by atomic mass is 32.2. The molecule has 1 N–H and O–H groups in total. The number of hydrogen-bond acceptors (Lipinski definition) is 3. The van der Waals surface area contributed by atoms with Crippen LogP contribution in [0.5, 0.6) is 0 Å². The van der Waals surface area contributed by atoms with Crippen molar-refractivity contribution in [1.82, 2.24) is 9.21 Å². The summed E-state index contributed by atoms with van der Waals surface area (Å²) in [5.41, 5.74) is 0. The Labute approximate surface area is 95.8 Å². The van der Waals surface area contributed by atoms with Crippen LogP contribution in [0.4, 0.5) is 4.79 Å². The molecule has 5 heteroatoms. The molecule has 1 fully saturated rings. The Morgan fingerprint density at radius 1 is 1.60 bits per heavy atom. The molecule has 0 aromatic rings. The first-order chi connectivity index (χ1) is 7.11. The maximum absolute atomic E-state index is 11.9. The van der Waals surface area contributed by atoms with Gasteiger partial charge in [0.2, 0.25) is 0 Å². The van der Waals surface area contributed by atoms with E-state index in [1.54, 1.807) is 0 Å². The van der Waals surface area contributed by atoms with E-state index in [1.807, 2.05) is 15.5 Å². The molecule has 1 unspecified atom stereocenters. The Balaban J connectivity index is 2.61. The third-order valence-corrected chi connectivity index (χ3v) is 3.54. The third kappa shape index (κ3) is 2.78. The molecule has 0 aliphatic carbocycles. The molecular formula is C10H20N2O2S. The van der Waals surface area contributed by atoms with Gasteiger partial charge >= 0.3 is 6.03 Å². The lowest BCUT2D eigenvalue weighted by Gasteiger charge is -2.22. The first-order valence-electron chi connectivity index (χ1n) is 5.35. The lowest BCUT2D eigenvalue weighted by atomic mass is 10.1. The number of rotatable bonds is 5. The van der Waals surface area contributed by atoms with Gasteiger partial charge in [0.1, 0.15) is 0 Å². The van der Waals surface area contributed by atoms with E-state index >= 15 is 0 Å². The van der Waals surface area contributed by atoms with Gasteiger partial charge in [-0.15, -0.1) is 0 Å². The van der Waals surface area contributed by atoms with Crippen molar-refractivity contribution in [3.05, 3.63) is 0 Å². The number of nitrogens with zero attached hydrogens (tertiary/aromatic N) is 2. The minimum atomic E-state index is 0.0923. The maximum atomic E-state index is 11.9. The molecule has 1 heterocycles. The first kappa shape index (κ1) is 12.6. The van der Waals surface area contributed by atoms with Crippen LogP contribution in [0.1, 0.15) is 20.3 Å². The fourth-order valence-corrected chi connectivity index (χ4v) is 2.66. The average molecular weight is 232 g/mol. The van der Waals surface area contributed by atoms with Crippen LogP contribution in [0, 0.1) is 5.92 Å². The molecule has 1 aliphatic rings. The third-order valence-electron chi connectivity index (χ3n) is 2.72. The van der Waals surface area contributed by atoms with E-state index in [0.29, 0.717) is 24.9 Å². The second kappa shape index (κ2) is 5.61. The molecule has 1 rings (SSSR count). The van der Waals surface area contributed by atoms with Gasteiger partial charge in [0, 0.05) is 26.0 Å². The summed E-state index contributed by atoms with van der Waals surface area (Å²) in [6, 6.07) is 0.390. The van der Waals surface area contributed by atoms with Crippen LogP contribution < -0.4 is 0 Å². The molecule has 2 amide bonds. The second-order valence-corrected chi connectivity index (χ2v) is 4.88. The molecular weight excluding hydrogens is 212 g/mol. The zero-order valence-corrected chi connectivity index (χ0v) is 10.5. The monoisotopic (exact) mass is 232 g/mol. The van der Waals surface area contributed by atoms with E-state index in [4.69, 9.17) is 5.11 Å². The number of hydrogen-bond donors (Lipinski definition) is 1. The van der Waals surface area contributed by atoms with Gasteiger partial charge in [-0.05, 0) is 24.3 Å². The number of urea groups is 1. The van der Waals surface area contributed by atoms with Gasteiger partial charge in [-0.2, -0.15) is 0 Å².